The van der Waals surface area contributed by atoms with Gasteiger partial charge in [-0.15, -0.1) is 0 Å². The maximum atomic E-state index is 11.5. The van der Waals surface area contributed by atoms with Crippen molar-refractivity contribution in [2.24, 2.45) is 5.92 Å². The lowest BCUT2D eigenvalue weighted by molar-refractivity contribution is -0.119. The Morgan fingerprint density at radius 2 is 2.13 bits per heavy atom. The van der Waals surface area contributed by atoms with E-state index >= 15 is 0 Å². The minimum atomic E-state index is 0.138. The number of anilines is 1. The third-order valence-electron chi connectivity index (χ3n) is 1.84. The van der Waals surface area contributed by atoms with Crippen molar-refractivity contribution in [3.63, 3.8) is 0 Å². The van der Waals surface area contributed by atoms with Crippen LogP contribution in [0.25, 0.3) is 0 Å². The first kappa shape index (κ1) is 11.7. The summed E-state index contributed by atoms with van der Waals surface area (Å²) in [4.78, 5) is 17.3. The van der Waals surface area contributed by atoms with Crippen LogP contribution in [0.4, 0.5) is 5.95 Å². The van der Waals surface area contributed by atoms with Crippen LogP contribution in [0, 0.1) is 5.92 Å². The Labute approximate surface area is 89.5 Å². The summed E-state index contributed by atoms with van der Waals surface area (Å²) in [6.07, 6.45) is 0.790. The smallest absolute Gasteiger partial charge is 0.265 e. The number of carbonyl (C=O) groups is 1. The van der Waals surface area contributed by atoms with Crippen molar-refractivity contribution < 1.29 is 9.32 Å². The first-order valence-corrected chi connectivity index (χ1v) is 5.00. The molecule has 1 aromatic heterocycles. The maximum absolute atomic E-state index is 11.5. The molecule has 84 valence electrons. The number of hydrogen-bond donors (Lipinski definition) is 0. The minimum Gasteiger partial charge on any atom is -0.344 e. The molecule has 5 heteroatoms. The molecule has 0 aliphatic rings. The fourth-order valence-electron chi connectivity index (χ4n) is 1.20. The molecule has 0 aromatic carbocycles. The molecule has 1 aromatic rings. The molecule has 0 bridgehead atoms. The molecule has 0 N–H and O–H groups in total. The lowest BCUT2D eigenvalue weighted by Crippen LogP contribution is -2.11. The van der Waals surface area contributed by atoms with Crippen LogP contribution in [0.2, 0.25) is 0 Å². The monoisotopic (exact) mass is 211 g/mol. The van der Waals surface area contributed by atoms with E-state index in [1.54, 1.807) is 4.90 Å². The molecule has 0 spiro atoms. The summed E-state index contributed by atoms with van der Waals surface area (Å²) < 4.78 is 4.95. The molecule has 0 radical (unpaired) electrons. The molecule has 0 fully saturated rings. The van der Waals surface area contributed by atoms with E-state index in [1.807, 2.05) is 27.9 Å². The van der Waals surface area contributed by atoms with Gasteiger partial charge in [0.25, 0.3) is 5.95 Å². The predicted octanol–water partition coefficient (Wildman–Crippen LogP) is 1.29. The van der Waals surface area contributed by atoms with Crippen LogP contribution in [0.1, 0.15) is 26.2 Å². The van der Waals surface area contributed by atoms with Crippen molar-refractivity contribution in [3.05, 3.63) is 5.89 Å². The Hall–Kier alpha value is -1.39. The average Bonchev–Trinajstić information content (AvgIpc) is 2.50. The van der Waals surface area contributed by atoms with E-state index < -0.39 is 0 Å². The zero-order valence-corrected chi connectivity index (χ0v) is 9.65. The molecule has 0 amide bonds. The molecule has 0 aliphatic heterocycles. The average molecular weight is 211 g/mol. The quantitative estimate of drug-likeness (QED) is 0.734. The van der Waals surface area contributed by atoms with Gasteiger partial charge in [-0.3, -0.25) is 4.79 Å². The zero-order valence-electron chi connectivity index (χ0n) is 9.65. The summed E-state index contributed by atoms with van der Waals surface area (Å²) in [5.41, 5.74) is 0. The van der Waals surface area contributed by atoms with Crippen LogP contribution >= 0.6 is 0 Å². The molecule has 0 saturated heterocycles. The van der Waals surface area contributed by atoms with Gasteiger partial charge in [-0.25, -0.2) is 0 Å². The van der Waals surface area contributed by atoms with Gasteiger partial charge in [0.2, 0.25) is 5.89 Å². The van der Waals surface area contributed by atoms with E-state index in [-0.39, 0.29) is 12.2 Å². The number of Topliss-reactive ketones (excluding diaryl/α,β-unsaturated/α-hetero) is 1. The molecule has 0 atom stereocenters. The van der Waals surface area contributed by atoms with Crippen molar-refractivity contribution in [2.75, 3.05) is 19.0 Å². The highest BCUT2D eigenvalue weighted by atomic mass is 16.5. The van der Waals surface area contributed by atoms with Crippen LogP contribution in [-0.4, -0.2) is 30.0 Å². The van der Waals surface area contributed by atoms with Crippen LogP contribution in [-0.2, 0) is 11.2 Å². The summed E-state index contributed by atoms with van der Waals surface area (Å²) in [7, 11) is 3.65. The highest BCUT2D eigenvalue weighted by Crippen LogP contribution is 2.08. The van der Waals surface area contributed by atoms with Crippen LogP contribution < -0.4 is 4.90 Å². The van der Waals surface area contributed by atoms with Gasteiger partial charge in [0, 0.05) is 20.5 Å². The van der Waals surface area contributed by atoms with Gasteiger partial charge in [-0.1, -0.05) is 13.8 Å². The van der Waals surface area contributed by atoms with Crippen molar-refractivity contribution in [1.82, 2.24) is 10.1 Å². The summed E-state index contributed by atoms with van der Waals surface area (Å²) in [5.74, 6) is 1.40. The van der Waals surface area contributed by atoms with Gasteiger partial charge < -0.3 is 9.42 Å². The van der Waals surface area contributed by atoms with Crippen molar-refractivity contribution in [1.29, 1.82) is 0 Å². The zero-order chi connectivity index (χ0) is 11.4. The van der Waals surface area contributed by atoms with Crippen LogP contribution in [0.15, 0.2) is 4.52 Å². The summed E-state index contributed by atoms with van der Waals surface area (Å²) in [6, 6.07) is 0. The molecule has 0 aliphatic carbocycles. The van der Waals surface area contributed by atoms with Gasteiger partial charge in [0.1, 0.15) is 5.78 Å². The van der Waals surface area contributed by atoms with Crippen molar-refractivity contribution in [3.8, 4) is 0 Å². The molecule has 0 unspecified atom stereocenters. The number of ketones is 1. The number of hydrogen-bond acceptors (Lipinski definition) is 5. The standard InChI is InChI=1S/C10H17N3O2/c1-7(2)5-8(14)6-9-11-10(12-15-9)13(3)4/h7H,5-6H2,1-4H3. The Balaban J connectivity index is 2.53. The normalized spacial score (nSPS) is 10.7. The first-order valence-electron chi connectivity index (χ1n) is 5.00. The molecule has 15 heavy (non-hydrogen) atoms. The van der Waals surface area contributed by atoms with E-state index in [4.69, 9.17) is 4.52 Å². The van der Waals surface area contributed by atoms with E-state index in [2.05, 4.69) is 10.1 Å². The minimum absolute atomic E-state index is 0.138. The number of rotatable bonds is 5. The number of aromatic nitrogens is 2. The Morgan fingerprint density at radius 1 is 1.47 bits per heavy atom. The summed E-state index contributed by atoms with van der Waals surface area (Å²) >= 11 is 0. The SMILES string of the molecule is CC(C)CC(=O)Cc1nc(N(C)C)no1. The Kier molecular flexibility index (Phi) is 3.82. The van der Waals surface area contributed by atoms with Crippen molar-refractivity contribution >= 4 is 11.7 Å². The second-order valence-electron chi connectivity index (χ2n) is 4.20. The summed E-state index contributed by atoms with van der Waals surface area (Å²) in [6.45, 7) is 4.02. The van der Waals surface area contributed by atoms with Gasteiger partial charge in [-0.2, -0.15) is 4.98 Å². The van der Waals surface area contributed by atoms with E-state index in [1.165, 1.54) is 0 Å². The van der Waals surface area contributed by atoms with Crippen molar-refractivity contribution in [2.45, 2.75) is 26.7 Å². The van der Waals surface area contributed by atoms with E-state index in [0.717, 1.165) is 0 Å². The van der Waals surface area contributed by atoms with Gasteiger partial charge >= 0.3 is 0 Å². The summed E-state index contributed by atoms with van der Waals surface area (Å²) in [5, 5.41) is 3.74. The largest absolute Gasteiger partial charge is 0.344 e. The number of nitrogens with zero attached hydrogens (tertiary/aromatic N) is 3. The molecule has 0 saturated carbocycles. The Bertz CT molecular complexity index is 331. The molecule has 1 rings (SSSR count). The molecule has 5 nitrogen and oxygen atoms in total. The number of carbonyl (C=O) groups excluding carboxylic acids is 1. The Morgan fingerprint density at radius 3 is 2.60 bits per heavy atom. The van der Waals surface area contributed by atoms with Gasteiger partial charge in [0.05, 0.1) is 6.42 Å². The fraction of sp³-hybridized carbons (Fsp3) is 0.700. The lowest BCUT2D eigenvalue weighted by atomic mass is 10.1. The maximum Gasteiger partial charge on any atom is 0.265 e. The topological polar surface area (TPSA) is 59.2 Å². The third kappa shape index (κ3) is 3.69. The molecule has 1 heterocycles. The predicted molar refractivity (Wildman–Crippen MR) is 56.8 cm³/mol. The van der Waals surface area contributed by atoms with E-state index in [9.17, 15) is 4.79 Å². The highest BCUT2D eigenvalue weighted by molar-refractivity contribution is 5.80. The third-order valence-corrected chi connectivity index (χ3v) is 1.84. The second kappa shape index (κ2) is 4.91. The second-order valence-corrected chi connectivity index (χ2v) is 4.20. The molecular formula is C10H17N3O2. The lowest BCUT2D eigenvalue weighted by Gasteiger charge is -2.02. The first-order chi connectivity index (χ1) is 6.99. The fourth-order valence-corrected chi connectivity index (χ4v) is 1.20. The molecular weight excluding hydrogens is 194 g/mol. The van der Waals surface area contributed by atoms with Gasteiger partial charge in [0.15, 0.2) is 0 Å². The van der Waals surface area contributed by atoms with E-state index in [0.29, 0.717) is 24.2 Å². The van der Waals surface area contributed by atoms with Crippen LogP contribution in [0.3, 0.4) is 0 Å². The van der Waals surface area contributed by atoms with Crippen LogP contribution in [0.5, 0.6) is 0 Å². The van der Waals surface area contributed by atoms with Gasteiger partial charge in [-0.05, 0) is 11.1 Å². The highest BCUT2D eigenvalue weighted by Gasteiger charge is 2.13.